The molecular weight excluding hydrogens is 236 g/mol. The Hall–Kier alpha value is -1.58. The predicted octanol–water partition coefficient (Wildman–Crippen LogP) is 2.87. The molecule has 0 amide bonds. The minimum Gasteiger partial charge on any atom is -0.481 e. The summed E-state index contributed by atoms with van der Waals surface area (Å²) >= 11 is 6.14. The fraction of sp³-hybridized carbons (Fsp3) is 0.154. The van der Waals surface area contributed by atoms with Crippen LogP contribution in [0.3, 0.4) is 0 Å². The third-order valence-corrected chi connectivity index (χ3v) is 2.85. The van der Waals surface area contributed by atoms with E-state index in [-0.39, 0.29) is 0 Å². The summed E-state index contributed by atoms with van der Waals surface area (Å²) in [5.74, 6) is 0.559. The number of halogens is 1. The van der Waals surface area contributed by atoms with E-state index in [2.05, 4.69) is 4.98 Å². The van der Waals surface area contributed by atoms with Crippen molar-refractivity contribution in [1.29, 1.82) is 0 Å². The maximum Gasteiger partial charge on any atom is 0.217 e. The van der Waals surface area contributed by atoms with Gasteiger partial charge < -0.3 is 10.5 Å². The number of pyridine rings is 1. The first-order valence-corrected chi connectivity index (χ1v) is 5.62. The molecule has 0 radical (unpaired) electrons. The molecule has 0 aliphatic heterocycles. The van der Waals surface area contributed by atoms with E-state index in [1.54, 1.807) is 13.3 Å². The zero-order valence-electron chi connectivity index (χ0n) is 9.48. The Morgan fingerprint density at radius 3 is 2.76 bits per heavy atom. The molecule has 0 fully saturated rings. The number of aromatic nitrogens is 1. The van der Waals surface area contributed by atoms with Crippen LogP contribution in [0.5, 0.6) is 5.88 Å². The SMILES string of the molecule is COc1ncc(-c2ccccc2Cl)cc1CN. The van der Waals surface area contributed by atoms with Crippen LogP contribution in [0, 0.1) is 0 Å². The molecule has 3 nitrogen and oxygen atoms in total. The molecule has 1 aromatic heterocycles. The van der Waals surface area contributed by atoms with Gasteiger partial charge in [-0.2, -0.15) is 0 Å². The number of ether oxygens (including phenoxy) is 1. The van der Waals surface area contributed by atoms with Crippen LogP contribution in [-0.2, 0) is 6.54 Å². The summed E-state index contributed by atoms with van der Waals surface area (Å²) in [5, 5.41) is 0.697. The summed E-state index contributed by atoms with van der Waals surface area (Å²) in [7, 11) is 1.58. The average Bonchev–Trinajstić information content (AvgIpc) is 2.38. The second-order valence-electron chi connectivity index (χ2n) is 3.58. The topological polar surface area (TPSA) is 48.1 Å². The van der Waals surface area contributed by atoms with Crippen molar-refractivity contribution in [3.05, 3.63) is 47.1 Å². The lowest BCUT2D eigenvalue weighted by molar-refractivity contribution is 0.393. The van der Waals surface area contributed by atoms with Crippen LogP contribution in [0.25, 0.3) is 11.1 Å². The van der Waals surface area contributed by atoms with E-state index in [0.29, 0.717) is 17.4 Å². The van der Waals surface area contributed by atoms with Crippen molar-refractivity contribution < 1.29 is 4.74 Å². The van der Waals surface area contributed by atoms with Gasteiger partial charge in [-0.3, -0.25) is 0 Å². The molecule has 88 valence electrons. The monoisotopic (exact) mass is 248 g/mol. The zero-order valence-corrected chi connectivity index (χ0v) is 10.2. The van der Waals surface area contributed by atoms with Crippen LogP contribution in [0.15, 0.2) is 36.5 Å². The van der Waals surface area contributed by atoms with Crippen LogP contribution >= 0.6 is 11.6 Å². The third-order valence-electron chi connectivity index (χ3n) is 2.52. The van der Waals surface area contributed by atoms with Gasteiger partial charge in [-0.25, -0.2) is 4.98 Å². The van der Waals surface area contributed by atoms with Crippen molar-refractivity contribution in [3.63, 3.8) is 0 Å². The molecule has 2 rings (SSSR count). The quantitative estimate of drug-likeness (QED) is 0.909. The molecule has 0 aliphatic carbocycles. The van der Waals surface area contributed by atoms with Crippen LogP contribution in [0.4, 0.5) is 0 Å². The van der Waals surface area contributed by atoms with E-state index in [0.717, 1.165) is 16.7 Å². The molecule has 1 heterocycles. The summed E-state index contributed by atoms with van der Waals surface area (Å²) in [6.07, 6.45) is 1.74. The number of rotatable bonds is 3. The second-order valence-corrected chi connectivity index (χ2v) is 3.98. The van der Waals surface area contributed by atoms with Gasteiger partial charge in [0.15, 0.2) is 0 Å². The van der Waals surface area contributed by atoms with Gasteiger partial charge in [0.25, 0.3) is 0 Å². The molecule has 0 saturated carbocycles. The molecule has 4 heteroatoms. The molecule has 0 spiro atoms. The normalized spacial score (nSPS) is 10.3. The minimum atomic E-state index is 0.383. The third kappa shape index (κ3) is 2.40. The second kappa shape index (κ2) is 5.17. The number of methoxy groups -OCH3 is 1. The molecule has 0 unspecified atom stereocenters. The number of benzene rings is 1. The molecular formula is C13H13ClN2O. The van der Waals surface area contributed by atoms with Gasteiger partial charge in [-0.15, -0.1) is 0 Å². The fourth-order valence-electron chi connectivity index (χ4n) is 1.67. The molecule has 0 atom stereocenters. The zero-order chi connectivity index (χ0) is 12.3. The first-order valence-electron chi connectivity index (χ1n) is 5.24. The largest absolute Gasteiger partial charge is 0.481 e. The van der Waals surface area contributed by atoms with E-state index in [9.17, 15) is 0 Å². The maximum absolute atomic E-state index is 6.14. The van der Waals surface area contributed by atoms with Gasteiger partial charge in [0.05, 0.1) is 7.11 Å². The molecule has 2 N–H and O–H groups in total. The van der Waals surface area contributed by atoms with Crippen molar-refractivity contribution in [1.82, 2.24) is 4.98 Å². The Kier molecular flexibility index (Phi) is 3.61. The molecule has 2 aromatic rings. The van der Waals surface area contributed by atoms with Crippen LogP contribution in [0.2, 0.25) is 5.02 Å². The highest BCUT2D eigenvalue weighted by Gasteiger charge is 2.08. The number of nitrogens with two attached hydrogens (primary N) is 1. The summed E-state index contributed by atoms with van der Waals surface area (Å²) in [5.41, 5.74) is 8.41. The van der Waals surface area contributed by atoms with Gasteiger partial charge >= 0.3 is 0 Å². The number of hydrogen-bond donors (Lipinski definition) is 1. The van der Waals surface area contributed by atoms with Crippen molar-refractivity contribution in [3.8, 4) is 17.0 Å². The van der Waals surface area contributed by atoms with E-state index in [1.807, 2.05) is 30.3 Å². The van der Waals surface area contributed by atoms with Crippen LogP contribution in [0.1, 0.15) is 5.56 Å². The van der Waals surface area contributed by atoms with Crippen LogP contribution in [-0.4, -0.2) is 12.1 Å². The van der Waals surface area contributed by atoms with Gasteiger partial charge in [-0.1, -0.05) is 29.8 Å². The fourth-order valence-corrected chi connectivity index (χ4v) is 1.92. The highest BCUT2D eigenvalue weighted by atomic mass is 35.5. The molecule has 0 saturated heterocycles. The summed E-state index contributed by atoms with van der Waals surface area (Å²) < 4.78 is 5.13. The molecule has 0 aliphatic rings. The predicted molar refractivity (Wildman–Crippen MR) is 69.1 cm³/mol. The van der Waals surface area contributed by atoms with E-state index in [4.69, 9.17) is 22.1 Å². The van der Waals surface area contributed by atoms with Gasteiger partial charge in [0.1, 0.15) is 0 Å². The Balaban J connectivity index is 2.50. The van der Waals surface area contributed by atoms with Gasteiger partial charge in [0, 0.05) is 34.5 Å². The first kappa shape index (κ1) is 11.9. The molecule has 1 aromatic carbocycles. The number of hydrogen-bond acceptors (Lipinski definition) is 3. The Morgan fingerprint density at radius 1 is 1.35 bits per heavy atom. The van der Waals surface area contributed by atoms with E-state index < -0.39 is 0 Å². The highest BCUT2D eigenvalue weighted by molar-refractivity contribution is 6.33. The standard InChI is InChI=1S/C13H13ClN2O/c1-17-13-9(7-15)6-10(8-16-13)11-4-2-3-5-12(11)14/h2-6,8H,7,15H2,1H3. The first-order chi connectivity index (χ1) is 8.26. The molecule has 0 bridgehead atoms. The van der Waals surface area contributed by atoms with Crippen LogP contribution < -0.4 is 10.5 Å². The van der Waals surface area contributed by atoms with Gasteiger partial charge in [0.2, 0.25) is 5.88 Å². The molecule has 17 heavy (non-hydrogen) atoms. The Bertz CT molecular complexity index is 529. The summed E-state index contributed by atoms with van der Waals surface area (Å²) in [6.45, 7) is 0.383. The Labute approximate surface area is 105 Å². The van der Waals surface area contributed by atoms with Crippen molar-refractivity contribution in [2.45, 2.75) is 6.54 Å². The van der Waals surface area contributed by atoms with Crippen molar-refractivity contribution in [2.75, 3.05) is 7.11 Å². The van der Waals surface area contributed by atoms with Gasteiger partial charge in [-0.05, 0) is 12.1 Å². The lowest BCUT2D eigenvalue weighted by Crippen LogP contribution is -2.02. The average molecular weight is 249 g/mol. The summed E-state index contributed by atoms with van der Waals surface area (Å²) in [6, 6.07) is 9.59. The number of nitrogens with zero attached hydrogens (tertiary/aromatic N) is 1. The van der Waals surface area contributed by atoms with E-state index >= 15 is 0 Å². The highest BCUT2D eigenvalue weighted by Crippen LogP contribution is 2.29. The summed E-state index contributed by atoms with van der Waals surface area (Å²) in [4.78, 5) is 4.22. The maximum atomic E-state index is 6.14. The van der Waals surface area contributed by atoms with Crippen molar-refractivity contribution >= 4 is 11.6 Å². The van der Waals surface area contributed by atoms with Crippen molar-refractivity contribution in [2.24, 2.45) is 5.73 Å². The Morgan fingerprint density at radius 2 is 2.12 bits per heavy atom. The lowest BCUT2D eigenvalue weighted by atomic mass is 10.1. The smallest absolute Gasteiger partial charge is 0.217 e. The minimum absolute atomic E-state index is 0.383. The lowest BCUT2D eigenvalue weighted by Gasteiger charge is -2.09. The van der Waals surface area contributed by atoms with E-state index in [1.165, 1.54) is 0 Å².